The number of ether oxygens (including phenoxy) is 1. The normalized spacial score (nSPS) is 34.8. The van der Waals surface area contributed by atoms with E-state index in [4.69, 9.17) is 4.74 Å². The van der Waals surface area contributed by atoms with Crippen LogP contribution in [-0.2, 0) is 4.74 Å². The zero-order valence-corrected chi connectivity index (χ0v) is 9.69. The first-order chi connectivity index (χ1) is 7.25. The highest BCUT2D eigenvalue weighted by Crippen LogP contribution is 2.24. The summed E-state index contributed by atoms with van der Waals surface area (Å²) < 4.78 is 5.41. The molecule has 2 fully saturated rings. The van der Waals surface area contributed by atoms with Gasteiger partial charge < -0.3 is 9.84 Å². The second-order valence-corrected chi connectivity index (χ2v) is 5.11. The van der Waals surface area contributed by atoms with Crippen LogP contribution in [0.25, 0.3) is 0 Å². The predicted octanol–water partition coefficient (Wildman–Crippen LogP) is 1.26. The maximum atomic E-state index is 9.44. The molecule has 3 atom stereocenters. The van der Waals surface area contributed by atoms with Crippen molar-refractivity contribution < 1.29 is 9.84 Å². The summed E-state index contributed by atoms with van der Waals surface area (Å²) in [6.07, 6.45) is 4.56. The number of aliphatic hydroxyl groups excluding tert-OH is 1. The van der Waals surface area contributed by atoms with E-state index in [9.17, 15) is 5.11 Å². The quantitative estimate of drug-likeness (QED) is 0.763. The second kappa shape index (κ2) is 5.28. The van der Waals surface area contributed by atoms with Gasteiger partial charge in [0, 0.05) is 19.2 Å². The molecular formula is C12H23NO2. The van der Waals surface area contributed by atoms with Crippen molar-refractivity contribution >= 4 is 0 Å². The van der Waals surface area contributed by atoms with E-state index in [0.717, 1.165) is 25.6 Å². The molecule has 1 N–H and O–H groups in total. The minimum Gasteiger partial charge on any atom is -0.393 e. The van der Waals surface area contributed by atoms with Crippen LogP contribution < -0.4 is 0 Å². The third-order valence-electron chi connectivity index (χ3n) is 3.63. The molecule has 0 bridgehead atoms. The highest BCUT2D eigenvalue weighted by molar-refractivity contribution is 4.82. The molecule has 0 aliphatic carbocycles. The molecule has 3 nitrogen and oxygen atoms in total. The molecule has 2 aliphatic rings. The Bertz CT molecular complexity index is 190. The van der Waals surface area contributed by atoms with Crippen LogP contribution in [0.4, 0.5) is 0 Å². The van der Waals surface area contributed by atoms with Gasteiger partial charge in [-0.1, -0.05) is 0 Å². The molecule has 0 aromatic carbocycles. The van der Waals surface area contributed by atoms with Crippen molar-refractivity contribution in [2.24, 2.45) is 5.92 Å². The van der Waals surface area contributed by atoms with E-state index < -0.39 is 0 Å². The van der Waals surface area contributed by atoms with E-state index in [-0.39, 0.29) is 6.10 Å². The standard InChI is InChI=1S/C12H23NO2/c1-10(14)7-12-3-2-5-13(12)8-11-4-6-15-9-11/h10-12,14H,2-9H2,1H3. The molecule has 2 rings (SSSR count). The smallest absolute Gasteiger partial charge is 0.0527 e. The van der Waals surface area contributed by atoms with Gasteiger partial charge in [-0.2, -0.15) is 0 Å². The van der Waals surface area contributed by atoms with Crippen LogP contribution in [0.15, 0.2) is 0 Å². The Labute approximate surface area is 92.4 Å². The van der Waals surface area contributed by atoms with E-state index in [2.05, 4.69) is 4.90 Å². The SMILES string of the molecule is CC(O)CC1CCCN1CC1CCOC1. The van der Waals surface area contributed by atoms with Crippen LogP contribution in [0.1, 0.15) is 32.6 Å². The maximum absolute atomic E-state index is 9.44. The van der Waals surface area contributed by atoms with Crippen LogP contribution >= 0.6 is 0 Å². The highest BCUT2D eigenvalue weighted by atomic mass is 16.5. The van der Waals surface area contributed by atoms with Gasteiger partial charge in [0.1, 0.15) is 0 Å². The number of hydrogen-bond donors (Lipinski definition) is 1. The van der Waals surface area contributed by atoms with Crippen LogP contribution in [0.5, 0.6) is 0 Å². The summed E-state index contributed by atoms with van der Waals surface area (Å²) in [4.78, 5) is 2.56. The summed E-state index contributed by atoms with van der Waals surface area (Å²) in [5.74, 6) is 0.736. The van der Waals surface area contributed by atoms with Gasteiger partial charge in [-0.15, -0.1) is 0 Å². The number of nitrogens with zero attached hydrogens (tertiary/aromatic N) is 1. The Balaban J connectivity index is 1.79. The Morgan fingerprint density at radius 3 is 3.00 bits per heavy atom. The summed E-state index contributed by atoms with van der Waals surface area (Å²) in [6, 6.07) is 0.616. The van der Waals surface area contributed by atoms with Gasteiger partial charge in [0.05, 0.1) is 12.7 Å². The third kappa shape index (κ3) is 3.16. The Hall–Kier alpha value is -0.120. The second-order valence-electron chi connectivity index (χ2n) is 5.11. The predicted molar refractivity (Wildman–Crippen MR) is 59.8 cm³/mol. The maximum Gasteiger partial charge on any atom is 0.0527 e. The lowest BCUT2D eigenvalue weighted by atomic mass is 10.1. The number of hydrogen-bond acceptors (Lipinski definition) is 3. The van der Waals surface area contributed by atoms with Gasteiger partial charge in [-0.25, -0.2) is 0 Å². The molecular weight excluding hydrogens is 190 g/mol. The van der Waals surface area contributed by atoms with Crippen LogP contribution in [0.3, 0.4) is 0 Å². The molecule has 2 aliphatic heterocycles. The van der Waals surface area contributed by atoms with E-state index in [1.54, 1.807) is 0 Å². The van der Waals surface area contributed by atoms with Crippen LogP contribution in [0, 0.1) is 5.92 Å². The molecule has 15 heavy (non-hydrogen) atoms. The Morgan fingerprint density at radius 2 is 2.33 bits per heavy atom. The lowest BCUT2D eigenvalue weighted by molar-refractivity contribution is 0.119. The van der Waals surface area contributed by atoms with Gasteiger partial charge in [0.15, 0.2) is 0 Å². The molecule has 0 amide bonds. The minimum atomic E-state index is -0.157. The lowest BCUT2D eigenvalue weighted by Crippen LogP contribution is -2.36. The topological polar surface area (TPSA) is 32.7 Å². The molecule has 0 saturated carbocycles. The number of rotatable bonds is 4. The molecule has 0 radical (unpaired) electrons. The fourth-order valence-corrected chi connectivity index (χ4v) is 2.86. The average Bonchev–Trinajstić information content (AvgIpc) is 2.78. The van der Waals surface area contributed by atoms with Gasteiger partial charge in [-0.3, -0.25) is 4.90 Å². The van der Waals surface area contributed by atoms with Crippen LogP contribution in [0.2, 0.25) is 0 Å². The lowest BCUT2D eigenvalue weighted by Gasteiger charge is -2.27. The first-order valence-corrected chi connectivity index (χ1v) is 6.25. The van der Waals surface area contributed by atoms with E-state index in [1.807, 2.05) is 6.92 Å². The summed E-state index contributed by atoms with van der Waals surface area (Å²) in [7, 11) is 0. The Kier molecular flexibility index (Phi) is 4.00. The monoisotopic (exact) mass is 213 g/mol. The number of likely N-dealkylation sites (tertiary alicyclic amines) is 1. The van der Waals surface area contributed by atoms with E-state index >= 15 is 0 Å². The largest absolute Gasteiger partial charge is 0.393 e. The molecule has 3 heteroatoms. The first-order valence-electron chi connectivity index (χ1n) is 6.25. The fraction of sp³-hybridized carbons (Fsp3) is 1.00. The third-order valence-corrected chi connectivity index (χ3v) is 3.63. The molecule has 0 aromatic rings. The van der Waals surface area contributed by atoms with Crippen molar-refractivity contribution in [2.45, 2.75) is 44.8 Å². The van der Waals surface area contributed by atoms with Crippen LogP contribution in [-0.4, -0.2) is 48.5 Å². The summed E-state index contributed by atoms with van der Waals surface area (Å²) >= 11 is 0. The minimum absolute atomic E-state index is 0.157. The molecule has 2 heterocycles. The summed E-state index contributed by atoms with van der Waals surface area (Å²) in [5, 5.41) is 9.44. The zero-order chi connectivity index (χ0) is 10.7. The molecule has 3 unspecified atom stereocenters. The van der Waals surface area contributed by atoms with Crippen molar-refractivity contribution in [3.05, 3.63) is 0 Å². The molecule has 0 aromatic heterocycles. The van der Waals surface area contributed by atoms with Gasteiger partial charge in [0.25, 0.3) is 0 Å². The Morgan fingerprint density at radius 1 is 1.47 bits per heavy atom. The van der Waals surface area contributed by atoms with E-state index in [0.29, 0.717) is 6.04 Å². The molecule has 0 spiro atoms. The van der Waals surface area contributed by atoms with Crippen molar-refractivity contribution in [1.29, 1.82) is 0 Å². The van der Waals surface area contributed by atoms with Crippen molar-refractivity contribution in [1.82, 2.24) is 4.90 Å². The molecule has 2 saturated heterocycles. The summed E-state index contributed by atoms with van der Waals surface area (Å²) in [5.41, 5.74) is 0. The van der Waals surface area contributed by atoms with Crippen molar-refractivity contribution in [3.8, 4) is 0 Å². The van der Waals surface area contributed by atoms with Crippen molar-refractivity contribution in [2.75, 3.05) is 26.3 Å². The number of aliphatic hydroxyl groups is 1. The highest BCUT2D eigenvalue weighted by Gasteiger charge is 2.28. The summed E-state index contributed by atoms with van der Waals surface area (Å²) in [6.45, 7) is 6.18. The van der Waals surface area contributed by atoms with Gasteiger partial charge in [0.2, 0.25) is 0 Å². The molecule has 88 valence electrons. The van der Waals surface area contributed by atoms with Gasteiger partial charge in [-0.05, 0) is 45.1 Å². The first kappa shape index (κ1) is 11.4. The fourth-order valence-electron chi connectivity index (χ4n) is 2.86. The van der Waals surface area contributed by atoms with Crippen molar-refractivity contribution in [3.63, 3.8) is 0 Å². The van der Waals surface area contributed by atoms with E-state index in [1.165, 1.54) is 32.4 Å². The van der Waals surface area contributed by atoms with Gasteiger partial charge >= 0.3 is 0 Å². The average molecular weight is 213 g/mol. The zero-order valence-electron chi connectivity index (χ0n) is 9.69.